The monoisotopic (exact) mass is 294 g/mol. The van der Waals surface area contributed by atoms with Gasteiger partial charge in [0.25, 0.3) is 5.91 Å². The van der Waals surface area contributed by atoms with E-state index in [4.69, 9.17) is 0 Å². The molecule has 1 amide bonds. The van der Waals surface area contributed by atoms with Crippen molar-refractivity contribution in [3.05, 3.63) is 35.4 Å². The minimum atomic E-state index is -0.701. The number of nitrogens with zero attached hydrogens (tertiary/aromatic N) is 1. The first-order valence-corrected chi connectivity index (χ1v) is 7.63. The fourth-order valence-electron chi connectivity index (χ4n) is 3.59. The number of amides is 1. The number of hydrogen-bond donors (Lipinski definition) is 1. The third-order valence-corrected chi connectivity index (χ3v) is 4.55. The average molecular weight is 294 g/mol. The molecule has 114 valence electrons. The maximum atomic E-state index is 13.3. The number of piperidine rings is 1. The zero-order chi connectivity index (χ0) is 14.8. The molecule has 1 aromatic carbocycles. The van der Waals surface area contributed by atoms with Gasteiger partial charge in [0, 0.05) is 24.2 Å². The van der Waals surface area contributed by atoms with E-state index >= 15 is 0 Å². The third-order valence-electron chi connectivity index (χ3n) is 4.55. The summed E-state index contributed by atoms with van der Waals surface area (Å²) in [5.74, 6) is -1.20. The van der Waals surface area contributed by atoms with Gasteiger partial charge in [-0.3, -0.25) is 4.79 Å². The molecular formula is C16H20F2N2O. The molecule has 1 aromatic rings. The third kappa shape index (κ3) is 3.07. The quantitative estimate of drug-likeness (QED) is 0.909. The molecule has 2 heterocycles. The van der Waals surface area contributed by atoms with Gasteiger partial charge in [-0.2, -0.15) is 0 Å². The number of rotatable bonds is 2. The summed E-state index contributed by atoms with van der Waals surface area (Å²) in [4.78, 5) is 14.4. The maximum Gasteiger partial charge on any atom is 0.254 e. The fourth-order valence-corrected chi connectivity index (χ4v) is 3.59. The number of likely N-dealkylation sites (tertiary alicyclic amines) is 1. The van der Waals surface area contributed by atoms with Crippen LogP contribution in [0.5, 0.6) is 0 Å². The Balaban J connectivity index is 1.79. The van der Waals surface area contributed by atoms with Crippen molar-refractivity contribution in [3.63, 3.8) is 0 Å². The van der Waals surface area contributed by atoms with Gasteiger partial charge in [0.2, 0.25) is 0 Å². The van der Waals surface area contributed by atoms with Crippen LogP contribution in [0, 0.1) is 17.6 Å². The van der Waals surface area contributed by atoms with Gasteiger partial charge in [0.05, 0.1) is 0 Å². The van der Waals surface area contributed by atoms with Crippen LogP contribution in [-0.4, -0.2) is 36.5 Å². The number of benzene rings is 1. The van der Waals surface area contributed by atoms with E-state index in [9.17, 15) is 13.6 Å². The Hall–Kier alpha value is -1.49. The number of nitrogens with one attached hydrogen (secondary N) is 1. The van der Waals surface area contributed by atoms with Crippen LogP contribution in [0.15, 0.2) is 18.2 Å². The van der Waals surface area contributed by atoms with Crippen molar-refractivity contribution in [1.82, 2.24) is 10.2 Å². The van der Waals surface area contributed by atoms with Crippen LogP contribution in [0.2, 0.25) is 0 Å². The minimum Gasteiger partial charge on any atom is -0.335 e. The molecule has 0 aliphatic carbocycles. The molecule has 2 unspecified atom stereocenters. The van der Waals surface area contributed by atoms with Gasteiger partial charge in [-0.25, -0.2) is 8.78 Å². The lowest BCUT2D eigenvalue weighted by molar-refractivity contribution is 0.0669. The second-order valence-electron chi connectivity index (χ2n) is 5.97. The predicted octanol–water partition coefficient (Wildman–Crippen LogP) is 2.57. The van der Waals surface area contributed by atoms with Crippen molar-refractivity contribution in [2.75, 3.05) is 19.6 Å². The van der Waals surface area contributed by atoms with E-state index in [1.165, 1.54) is 0 Å². The summed E-state index contributed by atoms with van der Waals surface area (Å²) in [7, 11) is 0. The number of carbonyl (C=O) groups is 1. The number of halogens is 2. The van der Waals surface area contributed by atoms with Gasteiger partial charge >= 0.3 is 0 Å². The van der Waals surface area contributed by atoms with Crippen molar-refractivity contribution >= 4 is 5.91 Å². The molecule has 3 rings (SSSR count). The normalized spacial score (nSPS) is 26.1. The Kier molecular flexibility index (Phi) is 4.19. The Bertz CT molecular complexity index is 509. The molecule has 0 radical (unpaired) electrons. The van der Waals surface area contributed by atoms with Crippen LogP contribution < -0.4 is 5.32 Å². The molecule has 2 aliphatic rings. The van der Waals surface area contributed by atoms with E-state index in [0.29, 0.717) is 12.5 Å². The summed E-state index contributed by atoms with van der Waals surface area (Å²) < 4.78 is 26.6. The topological polar surface area (TPSA) is 32.3 Å². The minimum absolute atomic E-state index is 0.114. The zero-order valence-corrected chi connectivity index (χ0v) is 11.9. The van der Waals surface area contributed by atoms with E-state index in [1.807, 2.05) is 4.90 Å². The van der Waals surface area contributed by atoms with E-state index in [1.54, 1.807) is 0 Å². The van der Waals surface area contributed by atoms with Gasteiger partial charge in [-0.05, 0) is 56.8 Å². The molecule has 3 nitrogen and oxygen atoms in total. The molecule has 21 heavy (non-hydrogen) atoms. The van der Waals surface area contributed by atoms with Crippen LogP contribution in [0.1, 0.15) is 36.0 Å². The van der Waals surface area contributed by atoms with Crippen LogP contribution in [-0.2, 0) is 0 Å². The van der Waals surface area contributed by atoms with Gasteiger partial charge in [-0.15, -0.1) is 0 Å². The average Bonchev–Trinajstić information content (AvgIpc) is 2.95. The lowest BCUT2D eigenvalue weighted by Crippen LogP contribution is -2.45. The van der Waals surface area contributed by atoms with Crippen molar-refractivity contribution in [3.8, 4) is 0 Å². The van der Waals surface area contributed by atoms with Crippen LogP contribution in [0.3, 0.4) is 0 Å². The Morgan fingerprint density at radius 2 is 1.90 bits per heavy atom. The predicted molar refractivity (Wildman–Crippen MR) is 76.0 cm³/mol. The Labute approximate surface area is 123 Å². The van der Waals surface area contributed by atoms with Crippen LogP contribution >= 0.6 is 0 Å². The molecule has 5 heteroatoms. The lowest BCUT2D eigenvalue weighted by atomic mass is 9.90. The van der Waals surface area contributed by atoms with Crippen molar-refractivity contribution < 1.29 is 13.6 Å². The van der Waals surface area contributed by atoms with E-state index in [2.05, 4.69) is 5.32 Å². The van der Waals surface area contributed by atoms with E-state index in [-0.39, 0.29) is 17.5 Å². The maximum absolute atomic E-state index is 13.3. The molecule has 2 atom stereocenters. The Morgan fingerprint density at radius 3 is 2.57 bits per heavy atom. The van der Waals surface area contributed by atoms with Gasteiger partial charge in [0.15, 0.2) is 0 Å². The number of hydrogen-bond acceptors (Lipinski definition) is 2. The van der Waals surface area contributed by atoms with Gasteiger partial charge in [-0.1, -0.05) is 0 Å². The standard InChI is InChI=1S/C16H20F2N2O/c17-13-7-12(8-14(18)9-13)16(21)20-6-2-4-15(20)11-3-1-5-19-10-11/h7-9,11,15,19H,1-6,10H2. The first kappa shape index (κ1) is 14.4. The first-order chi connectivity index (χ1) is 10.1. The SMILES string of the molecule is O=C(c1cc(F)cc(F)c1)N1CCCC1C1CCCNC1. The second kappa shape index (κ2) is 6.10. The lowest BCUT2D eigenvalue weighted by Gasteiger charge is -2.34. The summed E-state index contributed by atoms with van der Waals surface area (Å²) in [6.07, 6.45) is 4.18. The first-order valence-electron chi connectivity index (χ1n) is 7.63. The molecular weight excluding hydrogens is 274 g/mol. The van der Waals surface area contributed by atoms with Crippen LogP contribution in [0.4, 0.5) is 8.78 Å². The second-order valence-corrected chi connectivity index (χ2v) is 5.97. The van der Waals surface area contributed by atoms with Crippen molar-refractivity contribution in [2.24, 2.45) is 5.92 Å². The highest BCUT2D eigenvalue weighted by atomic mass is 19.1. The summed E-state index contributed by atoms with van der Waals surface area (Å²) in [5.41, 5.74) is 0.114. The molecule has 0 bridgehead atoms. The molecule has 2 saturated heterocycles. The fraction of sp³-hybridized carbons (Fsp3) is 0.562. The summed E-state index contributed by atoms with van der Waals surface area (Å²) in [6.45, 7) is 2.64. The summed E-state index contributed by atoms with van der Waals surface area (Å²) in [5, 5.41) is 3.37. The highest BCUT2D eigenvalue weighted by Gasteiger charge is 2.35. The highest BCUT2D eigenvalue weighted by Crippen LogP contribution is 2.29. The van der Waals surface area contributed by atoms with Crippen LogP contribution in [0.25, 0.3) is 0 Å². The van der Waals surface area contributed by atoms with Crippen molar-refractivity contribution in [2.45, 2.75) is 31.7 Å². The molecule has 2 fully saturated rings. The summed E-state index contributed by atoms with van der Waals surface area (Å²) in [6, 6.07) is 3.24. The molecule has 2 aliphatic heterocycles. The van der Waals surface area contributed by atoms with E-state index in [0.717, 1.165) is 57.0 Å². The molecule has 0 aromatic heterocycles. The molecule has 1 N–H and O–H groups in total. The van der Waals surface area contributed by atoms with Gasteiger partial charge in [0.1, 0.15) is 11.6 Å². The zero-order valence-electron chi connectivity index (χ0n) is 11.9. The highest BCUT2D eigenvalue weighted by molar-refractivity contribution is 5.94. The number of carbonyl (C=O) groups excluding carboxylic acids is 1. The van der Waals surface area contributed by atoms with Crippen molar-refractivity contribution in [1.29, 1.82) is 0 Å². The largest absolute Gasteiger partial charge is 0.335 e. The Morgan fingerprint density at radius 1 is 1.14 bits per heavy atom. The summed E-state index contributed by atoms with van der Waals surface area (Å²) >= 11 is 0. The molecule has 0 spiro atoms. The van der Waals surface area contributed by atoms with E-state index < -0.39 is 11.6 Å². The molecule has 0 saturated carbocycles. The van der Waals surface area contributed by atoms with Gasteiger partial charge < -0.3 is 10.2 Å². The smallest absolute Gasteiger partial charge is 0.254 e.